The number of piperidine rings is 1. The number of esters is 1. The zero-order chi connectivity index (χ0) is 41.0. The molecule has 0 aromatic heterocycles. The number of likely N-dealkylation sites (tertiary alicyclic amines) is 1. The molecule has 56 heavy (non-hydrogen) atoms. The first-order chi connectivity index (χ1) is 26.0. The highest BCUT2D eigenvalue weighted by atomic mass is 16.5. The Morgan fingerprint density at radius 3 is 2.11 bits per heavy atom. The minimum absolute atomic E-state index is 0.0193. The molecule has 1 heterocycles. The zero-order valence-corrected chi connectivity index (χ0v) is 36.8. The van der Waals surface area contributed by atoms with Gasteiger partial charge < -0.3 is 20.1 Å². The summed E-state index contributed by atoms with van der Waals surface area (Å²) >= 11 is 0. The second kappa shape index (κ2) is 13.8. The lowest BCUT2D eigenvalue weighted by molar-refractivity contribution is -0.249. The molecule has 2 N–H and O–H groups in total. The summed E-state index contributed by atoms with van der Waals surface area (Å²) in [7, 11) is 0. The van der Waals surface area contributed by atoms with E-state index in [4.69, 9.17) is 4.74 Å². The second-order valence-electron chi connectivity index (χ2n) is 23.1. The summed E-state index contributed by atoms with van der Waals surface area (Å²) in [5.41, 5.74) is -0.492. The van der Waals surface area contributed by atoms with E-state index in [1.807, 2.05) is 0 Å². The fraction of sp³-hybridized carbons (Fsp3) is 0.875. The number of carboxylic acid groups (broad SMARTS) is 1. The zero-order valence-electron chi connectivity index (χ0n) is 36.8. The summed E-state index contributed by atoms with van der Waals surface area (Å²) in [6, 6.07) is 0.0193. The van der Waals surface area contributed by atoms with E-state index in [0.717, 1.165) is 96.6 Å². The Bertz CT molecular complexity index is 1630. The van der Waals surface area contributed by atoms with Crippen LogP contribution in [0.1, 0.15) is 166 Å². The third-order valence-electron chi connectivity index (χ3n) is 19.4. The molecule has 0 aromatic rings. The Morgan fingerprint density at radius 1 is 0.804 bits per heavy atom. The molecule has 6 saturated carbocycles. The van der Waals surface area contributed by atoms with Crippen molar-refractivity contribution < 1.29 is 29.0 Å². The summed E-state index contributed by atoms with van der Waals surface area (Å²) in [5, 5.41) is 13.3. The third kappa shape index (κ3) is 6.07. The second-order valence-corrected chi connectivity index (χ2v) is 23.1. The maximum absolute atomic E-state index is 15.0. The van der Waals surface area contributed by atoms with Crippen molar-refractivity contribution in [2.45, 2.75) is 178 Å². The summed E-state index contributed by atoms with van der Waals surface area (Å²) in [6.45, 7) is 28.5. The molecule has 0 spiro atoms. The molecule has 1 aliphatic heterocycles. The van der Waals surface area contributed by atoms with Gasteiger partial charge >= 0.3 is 11.9 Å². The first-order valence-electron chi connectivity index (χ1n) is 22.7. The molecule has 7 aliphatic rings. The number of fused-ring (bicyclic) bond motifs is 7. The molecular weight excluding hydrogens is 701 g/mol. The number of nitrogens with zero attached hydrogens (tertiary/aromatic N) is 1. The number of carboxylic acids is 1. The van der Waals surface area contributed by atoms with Crippen LogP contribution in [0.3, 0.4) is 0 Å². The van der Waals surface area contributed by atoms with E-state index in [1.54, 1.807) is 13.8 Å². The number of aliphatic carboxylic acids is 1. The smallest absolute Gasteiger partial charge is 0.309 e. The van der Waals surface area contributed by atoms with Gasteiger partial charge in [-0.1, -0.05) is 60.6 Å². The van der Waals surface area contributed by atoms with Crippen molar-refractivity contribution in [2.75, 3.05) is 13.1 Å². The number of hydrogen-bond acceptors (Lipinski definition) is 5. The quantitative estimate of drug-likeness (QED) is 0.188. The van der Waals surface area contributed by atoms with Crippen molar-refractivity contribution in [2.24, 2.45) is 73.4 Å². The monoisotopic (exact) mass is 777 g/mol. The summed E-state index contributed by atoms with van der Waals surface area (Å²) in [4.78, 5) is 55.6. The largest absolute Gasteiger partial charge is 0.481 e. The predicted octanol–water partition coefficient (Wildman–Crippen LogP) is 9.60. The van der Waals surface area contributed by atoms with E-state index >= 15 is 4.79 Å². The highest BCUT2D eigenvalue weighted by Crippen LogP contribution is 2.77. The molecule has 0 radical (unpaired) electrons. The molecule has 6 aliphatic carbocycles. The molecule has 12 atom stereocenters. The highest BCUT2D eigenvalue weighted by molar-refractivity contribution is 5.86. The van der Waals surface area contributed by atoms with Crippen LogP contribution in [0, 0.1) is 73.4 Å². The van der Waals surface area contributed by atoms with Crippen LogP contribution in [0.15, 0.2) is 12.2 Å². The molecule has 8 nitrogen and oxygen atoms in total. The van der Waals surface area contributed by atoms with E-state index < -0.39 is 22.8 Å². The molecule has 0 bridgehead atoms. The van der Waals surface area contributed by atoms with Crippen molar-refractivity contribution >= 4 is 23.8 Å². The first-order valence-corrected chi connectivity index (χ1v) is 22.7. The molecule has 7 rings (SSSR count). The van der Waals surface area contributed by atoms with Gasteiger partial charge in [0.25, 0.3) is 0 Å². The topological polar surface area (TPSA) is 113 Å². The predicted molar refractivity (Wildman–Crippen MR) is 219 cm³/mol. The van der Waals surface area contributed by atoms with Crippen LogP contribution < -0.4 is 5.32 Å². The number of carbonyl (C=O) groups is 4. The molecule has 314 valence electrons. The average Bonchev–Trinajstić information content (AvgIpc) is 3.53. The van der Waals surface area contributed by atoms with Crippen LogP contribution >= 0.6 is 0 Å². The van der Waals surface area contributed by atoms with Gasteiger partial charge in [-0.05, 0) is 162 Å². The van der Waals surface area contributed by atoms with Crippen LogP contribution in [0.2, 0.25) is 0 Å². The van der Waals surface area contributed by atoms with Crippen LogP contribution in [-0.4, -0.2) is 59.0 Å². The van der Waals surface area contributed by atoms with E-state index in [0.29, 0.717) is 29.6 Å². The molecule has 7 fully saturated rings. The van der Waals surface area contributed by atoms with Crippen LogP contribution in [-0.2, 0) is 23.9 Å². The van der Waals surface area contributed by atoms with Crippen molar-refractivity contribution in [3.05, 3.63) is 12.2 Å². The Balaban J connectivity index is 1.10. The van der Waals surface area contributed by atoms with Crippen molar-refractivity contribution in [1.82, 2.24) is 10.2 Å². The normalized spacial score (nSPS) is 43.8. The summed E-state index contributed by atoms with van der Waals surface area (Å²) in [5.74, 6) is 1.12. The van der Waals surface area contributed by atoms with Gasteiger partial charge in [-0.25, -0.2) is 0 Å². The maximum Gasteiger partial charge on any atom is 0.309 e. The van der Waals surface area contributed by atoms with Crippen molar-refractivity contribution in [3.8, 4) is 0 Å². The third-order valence-corrected chi connectivity index (χ3v) is 19.4. The maximum atomic E-state index is 15.0. The number of carbonyl (C=O) groups excluding carboxylic acids is 3. The van der Waals surface area contributed by atoms with Crippen molar-refractivity contribution in [1.29, 1.82) is 0 Å². The number of hydrogen-bond donors (Lipinski definition) is 2. The lowest BCUT2D eigenvalue weighted by atomic mass is 9.32. The van der Waals surface area contributed by atoms with Gasteiger partial charge in [-0.3, -0.25) is 19.2 Å². The van der Waals surface area contributed by atoms with E-state index in [2.05, 4.69) is 72.2 Å². The number of ether oxygens (including phenoxy) is 1. The van der Waals surface area contributed by atoms with Gasteiger partial charge in [-0.15, -0.1) is 0 Å². The molecular formula is C48H76N2O6. The lowest BCUT2D eigenvalue weighted by Crippen LogP contribution is -2.68. The summed E-state index contributed by atoms with van der Waals surface area (Å²) < 4.78 is 6.20. The number of allylic oxidation sites excluding steroid dienone is 1. The van der Waals surface area contributed by atoms with Crippen LogP contribution in [0.5, 0.6) is 0 Å². The highest BCUT2D eigenvalue weighted by Gasteiger charge is 2.72. The first kappa shape index (κ1) is 41.8. The van der Waals surface area contributed by atoms with Gasteiger partial charge in [0.1, 0.15) is 6.10 Å². The van der Waals surface area contributed by atoms with E-state index in [9.17, 15) is 19.5 Å². The number of rotatable bonds is 8. The number of nitrogens with one attached hydrogen (secondary N) is 1. The SMILES string of the molecule is C=C(C)C1CC[C@]2(C(=O)NC3C[C@H](C(=O)N4CCCCC4)C3(C)C)CC[C@]3(C)C(CCC4[C@@]5(C)CC[C@H](OC(=O)CC(C)(C)C(=O)O)C(C)(C)C5CC[C@]43C)C12. The Hall–Kier alpha value is -2.38. The molecule has 8 heteroatoms. The molecule has 0 aromatic carbocycles. The fourth-order valence-electron chi connectivity index (χ4n) is 15.6. The standard InChI is InChI=1S/C48H76N2O6/c1-29(2)30-17-22-48(40(53)49-35-27-32(43(35,5)6)39(52)50-25-13-12-14-26-50)24-23-46(10)31(38(30)48)15-16-34-45(9)20-19-36(56-37(51)28-42(3,4)41(54)55)44(7,8)33(45)18-21-47(34,46)11/h30-36,38H,1,12-28H2,2-11H3,(H,49,53)(H,54,55)/t30?,31?,32-,33?,34?,35?,36+,38?,45+,46-,47-,48+/m1/s1. The van der Waals surface area contributed by atoms with Gasteiger partial charge in [0.05, 0.1) is 17.3 Å². The fourth-order valence-corrected chi connectivity index (χ4v) is 15.6. The van der Waals surface area contributed by atoms with Crippen molar-refractivity contribution in [3.63, 3.8) is 0 Å². The molecule has 1 saturated heterocycles. The molecule has 6 unspecified atom stereocenters. The minimum atomic E-state index is -1.16. The summed E-state index contributed by atoms with van der Waals surface area (Å²) in [6.07, 6.45) is 14.0. The van der Waals surface area contributed by atoms with Gasteiger partial charge in [0, 0.05) is 30.5 Å². The Kier molecular flexibility index (Phi) is 10.3. The van der Waals surface area contributed by atoms with Gasteiger partial charge in [0.15, 0.2) is 0 Å². The Labute approximate surface area is 338 Å². The van der Waals surface area contributed by atoms with Gasteiger partial charge in [0.2, 0.25) is 11.8 Å². The van der Waals surface area contributed by atoms with Crippen LogP contribution in [0.25, 0.3) is 0 Å². The lowest BCUT2D eigenvalue weighted by Gasteiger charge is -2.73. The Morgan fingerprint density at radius 2 is 1.48 bits per heavy atom. The van der Waals surface area contributed by atoms with Gasteiger partial charge in [-0.2, -0.15) is 0 Å². The number of amides is 2. The minimum Gasteiger partial charge on any atom is -0.481 e. The van der Waals surface area contributed by atoms with Crippen LogP contribution in [0.4, 0.5) is 0 Å². The van der Waals surface area contributed by atoms with E-state index in [1.165, 1.54) is 12.0 Å². The van der Waals surface area contributed by atoms with E-state index in [-0.39, 0.29) is 63.4 Å². The average molecular weight is 777 g/mol. The molecule has 2 amide bonds.